The van der Waals surface area contributed by atoms with Crippen LogP contribution in [-0.2, 0) is 14.2 Å². The molecule has 10 atom stereocenters. The number of benzene rings is 2. The Bertz CT molecular complexity index is 1810. The van der Waals surface area contributed by atoms with Crippen molar-refractivity contribution in [3.8, 4) is 17.2 Å². The molecule has 3 aliphatic heterocycles. The van der Waals surface area contributed by atoms with E-state index in [1.807, 2.05) is 0 Å². The van der Waals surface area contributed by atoms with E-state index in [2.05, 4.69) is 0 Å². The van der Waals surface area contributed by atoms with E-state index in [1.54, 1.807) is 10.8 Å². The van der Waals surface area contributed by atoms with Crippen molar-refractivity contribution in [3.63, 3.8) is 0 Å². The minimum atomic E-state index is -1.74. The van der Waals surface area contributed by atoms with E-state index in [1.165, 1.54) is 76.0 Å². The maximum Gasteiger partial charge on any atom is 0.335 e. The number of fused-ring (bicyclic) bond motifs is 1. The van der Waals surface area contributed by atoms with Crippen molar-refractivity contribution in [1.29, 1.82) is 0 Å². The topological polar surface area (TPSA) is 192 Å². The average Bonchev–Trinajstić information content (AvgIpc) is 3.75. The minimum absolute atomic E-state index is 0.0610. The number of carboxylic acids is 1. The van der Waals surface area contributed by atoms with E-state index >= 15 is 0 Å². The number of aliphatic hydroxyl groups excluding tert-OH is 3. The number of hydrogen-bond donors (Lipinski definition) is 6. The molecule has 2 aromatic carbocycles. The number of hydrogen-bond acceptors (Lipinski definition) is 13. The highest BCUT2D eigenvalue weighted by atomic mass is 33.1. The molecule has 6 N–H and O–H groups in total. The van der Waals surface area contributed by atoms with Gasteiger partial charge in [-0.15, -0.1) is 0 Å². The number of aromatic carboxylic acids is 1. The smallest absolute Gasteiger partial charge is 0.335 e. The number of phenols is 2. The maximum absolute atomic E-state index is 12.5. The number of rotatable bonds is 5. The Morgan fingerprint density at radius 1 is 0.945 bits per heavy atom. The zero-order chi connectivity index (χ0) is 38.9. The number of carbonyl (C=O) groups is 2. The van der Waals surface area contributed by atoms with Gasteiger partial charge in [0.15, 0.2) is 5.78 Å². The Morgan fingerprint density at radius 2 is 1.67 bits per heavy atom. The fraction of sp³-hybridized carbons (Fsp3) is 0.707. The summed E-state index contributed by atoms with van der Waals surface area (Å²) in [6.45, 7) is 3.59. The first kappa shape index (κ1) is 39.5. The molecule has 3 saturated carbocycles. The summed E-state index contributed by atoms with van der Waals surface area (Å²) in [6.07, 6.45) is 6.33. The van der Waals surface area contributed by atoms with Crippen molar-refractivity contribution < 1.29 is 59.2 Å². The molecular formula is C41H54O12S2. The van der Waals surface area contributed by atoms with Gasteiger partial charge in [0.2, 0.25) is 6.29 Å². The molecule has 8 rings (SSSR count). The summed E-state index contributed by atoms with van der Waals surface area (Å²) >= 11 is 0. The van der Waals surface area contributed by atoms with E-state index in [4.69, 9.17) is 18.9 Å². The Kier molecular flexibility index (Phi) is 10.9. The van der Waals surface area contributed by atoms with Gasteiger partial charge < -0.3 is 49.6 Å². The lowest BCUT2D eigenvalue weighted by Gasteiger charge is -2.54. The van der Waals surface area contributed by atoms with Crippen molar-refractivity contribution in [1.82, 2.24) is 0 Å². The fourth-order valence-corrected chi connectivity index (χ4v) is 14.2. The van der Waals surface area contributed by atoms with Crippen LogP contribution in [-0.4, -0.2) is 104 Å². The highest BCUT2D eigenvalue weighted by molar-refractivity contribution is 8.76. The van der Waals surface area contributed by atoms with Gasteiger partial charge in [0, 0.05) is 23.3 Å². The summed E-state index contributed by atoms with van der Waals surface area (Å²) in [5.41, 5.74) is -1.18. The molecule has 0 bridgehead atoms. The predicted octanol–water partition coefficient (Wildman–Crippen LogP) is 6.19. The van der Waals surface area contributed by atoms with Gasteiger partial charge in [-0.1, -0.05) is 34.4 Å². The Labute approximate surface area is 329 Å². The molecule has 3 spiro atoms. The van der Waals surface area contributed by atoms with Gasteiger partial charge >= 0.3 is 5.97 Å². The van der Waals surface area contributed by atoms with Crippen LogP contribution in [0.3, 0.4) is 0 Å². The van der Waals surface area contributed by atoms with E-state index in [0.29, 0.717) is 41.9 Å². The summed E-state index contributed by atoms with van der Waals surface area (Å²) in [6, 6.07) is 2.25. The standard InChI is InChI=1S/C41H54O12S2/c1-21-30(22(2)43)34(45)32-27(33(21)44)11-24(37(48)49)12-28(32)52-38-35(46)36(47)41(29(15-42)53-38)8-5-23-13-40(10-9-39(19-40)6-3-4-7-39)14-25-16-50-17-26(31(23)25)18-54-55-20-51-41/h11-12,23,25-26,29,31,35-36,38,42,44-47H,3-10,13-20H2,1-2H3,(H,48,49)/t23-,25+,26+,29+,31-,35+,36+,38+,40+,41+/m0/s1. The van der Waals surface area contributed by atoms with Crippen molar-refractivity contribution in [3.05, 3.63) is 28.8 Å². The average molecular weight is 803 g/mol. The Balaban J connectivity index is 1.11. The summed E-state index contributed by atoms with van der Waals surface area (Å²) in [7, 11) is 3.24. The number of ether oxygens (including phenoxy) is 4. The monoisotopic (exact) mass is 802 g/mol. The molecule has 302 valence electrons. The lowest BCUT2D eigenvalue weighted by Crippen LogP contribution is -2.69. The molecule has 2 aromatic rings. The largest absolute Gasteiger partial charge is 0.507 e. The van der Waals surface area contributed by atoms with Gasteiger partial charge in [0.1, 0.15) is 47.1 Å². The third kappa shape index (κ3) is 6.83. The number of ketones is 1. The second-order valence-corrected chi connectivity index (χ2v) is 20.0. The molecule has 3 heterocycles. The second-order valence-electron chi connectivity index (χ2n) is 17.5. The van der Waals surface area contributed by atoms with Crippen LogP contribution in [0.5, 0.6) is 17.2 Å². The van der Waals surface area contributed by atoms with Crippen LogP contribution >= 0.6 is 21.6 Å². The Morgan fingerprint density at radius 3 is 2.40 bits per heavy atom. The van der Waals surface area contributed by atoms with Crippen molar-refractivity contribution in [2.75, 3.05) is 31.5 Å². The number of carboxylic acid groups (broad SMARTS) is 1. The minimum Gasteiger partial charge on any atom is -0.507 e. The lowest BCUT2D eigenvalue weighted by molar-refractivity contribution is -0.323. The molecule has 3 aliphatic carbocycles. The maximum atomic E-state index is 12.5. The van der Waals surface area contributed by atoms with Crippen LogP contribution in [0.15, 0.2) is 12.1 Å². The summed E-state index contributed by atoms with van der Waals surface area (Å²) in [5, 5.41) is 66.9. The molecule has 14 heteroatoms. The number of aliphatic hydroxyl groups is 3. The Hall–Kier alpha value is -2.30. The zero-order valence-electron chi connectivity index (χ0n) is 31.5. The van der Waals surface area contributed by atoms with Crippen LogP contribution in [0.25, 0.3) is 10.8 Å². The first-order chi connectivity index (χ1) is 26.3. The molecule has 0 unspecified atom stereocenters. The van der Waals surface area contributed by atoms with Gasteiger partial charge in [-0.3, -0.25) is 4.79 Å². The fourth-order valence-electron chi connectivity index (χ4n) is 12.1. The molecular weight excluding hydrogens is 749 g/mol. The van der Waals surface area contributed by atoms with Crippen LogP contribution < -0.4 is 4.74 Å². The lowest BCUT2D eigenvalue weighted by atomic mass is 9.55. The van der Waals surface area contributed by atoms with Gasteiger partial charge in [0.05, 0.1) is 29.7 Å². The van der Waals surface area contributed by atoms with Gasteiger partial charge in [0.25, 0.3) is 0 Å². The van der Waals surface area contributed by atoms with Crippen LogP contribution in [0.2, 0.25) is 0 Å². The quantitative estimate of drug-likeness (QED) is 0.114. The summed E-state index contributed by atoms with van der Waals surface area (Å²) in [4.78, 5) is 24.7. The van der Waals surface area contributed by atoms with Gasteiger partial charge in [-0.25, -0.2) is 4.79 Å². The van der Waals surface area contributed by atoms with Gasteiger partial charge in [-0.2, -0.15) is 0 Å². The first-order valence-corrected chi connectivity index (χ1v) is 22.3. The third-order valence-corrected chi connectivity index (χ3v) is 16.6. The van der Waals surface area contributed by atoms with E-state index in [0.717, 1.165) is 37.5 Å². The predicted molar refractivity (Wildman–Crippen MR) is 207 cm³/mol. The highest BCUT2D eigenvalue weighted by Gasteiger charge is 2.60. The second kappa shape index (κ2) is 15.1. The number of phenolic OH excluding ortho intramolecular Hbond substituents is 2. The molecule has 6 aliphatic rings. The van der Waals surface area contributed by atoms with Crippen LogP contribution in [0.4, 0.5) is 0 Å². The molecule has 0 radical (unpaired) electrons. The van der Waals surface area contributed by atoms with E-state index in [9.17, 15) is 40.2 Å². The normalized spacial score (nSPS) is 37.5. The van der Waals surface area contributed by atoms with Gasteiger partial charge in [-0.05, 0) is 118 Å². The van der Waals surface area contributed by atoms with Crippen LogP contribution in [0, 0.1) is 41.4 Å². The van der Waals surface area contributed by atoms with Crippen molar-refractivity contribution in [2.24, 2.45) is 34.5 Å². The molecule has 6 fully saturated rings. The molecule has 12 nitrogen and oxygen atoms in total. The first-order valence-electron chi connectivity index (χ1n) is 19.8. The summed E-state index contributed by atoms with van der Waals surface area (Å²) in [5.74, 6) is -0.400. The van der Waals surface area contributed by atoms with Crippen molar-refractivity contribution in [2.45, 2.75) is 115 Å². The molecule has 0 amide bonds. The highest BCUT2D eigenvalue weighted by Crippen LogP contribution is 2.66. The number of aromatic hydroxyl groups is 2. The van der Waals surface area contributed by atoms with Crippen LogP contribution in [0.1, 0.15) is 104 Å². The van der Waals surface area contributed by atoms with E-state index in [-0.39, 0.29) is 44.6 Å². The van der Waals surface area contributed by atoms with E-state index < -0.39 is 60.1 Å². The molecule has 55 heavy (non-hydrogen) atoms. The molecule has 0 aromatic heterocycles. The summed E-state index contributed by atoms with van der Waals surface area (Å²) < 4.78 is 25.3. The molecule has 3 saturated heterocycles. The van der Waals surface area contributed by atoms with Crippen molar-refractivity contribution >= 4 is 44.1 Å². The SMILES string of the molecule is CC(=O)c1c(C)c(O)c2cc(C(=O)O)cc(O[C@@H]3O[C@H](CO)[C@]4(CC[C@H]5C[C@]6(CCC7(CCCC7)C6)C[C@@H]6COC[C@H](CSSCO4)[C@@H]56)[C@H](O)[C@H]3O)c2c1O. The third-order valence-electron chi connectivity index (χ3n) is 14.4. The number of carbonyl (C=O) groups excluding carboxylic acids is 1. The number of Topliss-reactive ketones (excluding diaryl/α,β-unsaturated/α-hetero) is 1. The zero-order valence-corrected chi connectivity index (χ0v) is 33.2.